The number of hydrogen-bond acceptors (Lipinski definition) is 2. The summed E-state index contributed by atoms with van der Waals surface area (Å²) in [5, 5.41) is 6.79. The minimum absolute atomic E-state index is 0.130. The van der Waals surface area contributed by atoms with Gasteiger partial charge in [0.1, 0.15) is 0 Å². The zero-order chi connectivity index (χ0) is 12.2. The Morgan fingerprint density at radius 2 is 1.88 bits per heavy atom. The molecule has 0 amide bonds. The average Bonchev–Trinajstić information content (AvgIpc) is 2.19. The second-order valence-electron chi connectivity index (χ2n) is 5.20. The molecule has 0 aromatic heterocycles. The molecule has 1 aromatic carbocycles. The smallest absolute Gasteiger partial charge is 0.0252 e. The third kappa shape index (κ3) is 3.95. The maximum Gasteiger partial charge on any atom is 0.0252 e. The van der Waals surface area contributed by atoms with Crippen molar-refractivity contribution in [3.8, 4) is 0 Å². The van der Waals surface area contributed by atoms with E-state index in [0.717, 1.165) is 13.1 Å². The van der Waals surface area contributed by atoms with Gasteiger partial charge in [0.25, 0.3) is 0 Å². The molecular weight excluding hydrogens is 196 g/mol. The van der Waals surface area contributed by atoms with E-state index in [1.54, 1.807) is 0 Å². The van der Waals surface area contributed by atoms with E-state index >= 15 is 0 Å². The van der Waals surface area contributed by atoms with Gasteiger partial charge in [-0.05, 0) is 45.9 Å². The number of aryl methyl sites for hydroxylation is 2. The van der Waals surface area contributed by atoms with Crippen molar-refractivity contribution in [1.82, 2.24) is 10.6 Å². The molecule has 0 radical (unpaired) electrons. The first-order chi connectivity index (χ1) is 7.44. The van der Waals surface area contributed by atoms with Crippen LogP contribution in [0.4, 0.5) is 0 Å². The van der Waals surface area contributed by atoms with E-state index in [9.17, 15) is 0 Å². The molecule has 2 heteroatoms. The van der Waals surface area contributed by atoms with Crippen LogP contribution < -0.4 is 10.6 Å². The number of rotatable bonds is 5. The molecule has 1 rings (SSSR count). The van der Waals surface area contributed by atoms with Crippen molar-refractivity contribution in [2.75, 3.05) is 13.6 Å². The summed E-state index contributed by atoms with van der Waals surface area (Å²) in [5.41, 5.74) is 4.21. The van der Waals surface area contributed by atoms with Crippen LogP contribution >= 0.6 is 0 Å². The van der Waals surface area contributed by atoms with Gasteiger partial charge in [-0.1, -0.05) is 23.8 Å². The summed E-state index contributed by atoms with van der Waals surface area (Å²) in [6.45, 7) is 10.6. The van der Waals surface area contributed by atoms with E-state index < -0.39 is 0 Å². The lowest BCUT2D eigenvalue weighted by molar-refractivity contribution is 0.373. The van der Waals surface area contributed by atoms with Crippen LogP contribution in [0, 0.1) is 13.8 Å². The SMILES string of the molecule is CNCC(C)(C)NCc1cc(C)ccc1C. The van der Waals surface area contributed by atoms with Crippen molar-refractivity contribution >= 4 is 0 Å². The second kappa shape index (κ2) is 5.46. The van der Waals surface area contributed by atoms with Crippen molar-refractivity contribution in [3.05, 3.63) is 34.9 Å². The van der Waals surface area contributed by atoms with Crippen LogP contribution in [0.5, 0.6) is 0 Å². The molecule has 2 nitrogen and oxygen atoms in total. The minimum Gasteiger partial charge on any atom is -0.318 e. The molecule has 2 N–H and O–H groups in total. The molecule has 0 aliphatic carbocycles. The van der Waals surface area contributed by atoms with Crippen LogP contribution in [0.1, 0.15) is 30.5 Å². The predicted molar refractivity (Wildman–Crippen MR) is 70.8 cm³/mol. The molecule has 1 aromatic rings. The summed E-state index contributed by atoms with van der Waals surface area (Å²) in [6.07, 6.45) is 0. The van der Waals surface area contributed by atoms with E-state index in [-0.39, 0.29) is 5.54 Å². The molecule has 0 fully saturated rings. The van der Waals surface area contributed by atoms with Gasteiger partial charge in [0.2, 0.25) is 0 Å². The van der Waals surface area contributed by atoms with Crippen LogP contribution in [0.3, 0.4) is 0 Å². The van der Waals surface area contributed by atoms with Gasteiger partial charge in [-0.25, -0.2) is 0 Å². The first kappa shape index (κ1) is 13.2. The lowest BCUT2D eigenvalue weighted by Gasteiger charge is -2.26. The van der Waals surface area contributed by atoms with Gasteiger partial charge in [-0.3, -0.25) is 0 Å². The van der Waals surface area contributed by atoms with Crippen molar-refractivity contribution in [3.63, 3.8) is 0 Å². The van der Waals surface area contributed by atoms with E-state index in [1.165, 1.54) is 16.7 Å². The van der Waals surface area contributed by atoms with Crippen LogP contribution in [0.15, 0.2) is 18.2 Å². The fraction of sp³-hybridized carbons (Fsp3) is 0.571. The highest BCUT2D eigenvalue weighted by Crippen LogP contribution is 2.12. The van der Waals surface area contributed by atoms with Crippen LogP contribution in [0.2, 0.25) is 0 Å². The lowest BCUT2D eigenvalue weighted by Crippen LogP contribution is -2.46. The molecule has 0 aliphatic rings. The van der Waals surface area contributed by atoms with E-state index in [2.05, 4.69) is 56.5 Å². The summed E-state index contributed by atoms with van der Waals surface area (Å²) in [6, 6.07) is 6.62. The third-order valence-corrected chi connectivity index (χ3v) is 2.88. The Bertz CT molecular complexity index is 343. The molecule has 16 heavy (non-hydrogen) atoms. The topological polar surface area (TPSA) is 24.1 Å². The van der Waals surface area contributed by atoms with Crippen molar-refractivity contribution in [1.29, 1.82) is 0 Å². The predicted octanol–water partition coefficient (Wildman–Crippen LogP) is 2.39. The highest BCUT2D eigenvalue weighted by atomic mass is 15.0. The molecule has 0 bridgehead atoms. The molecule has 0 atom stereocenters. The Hall–Kier alpha value is -0.860. The molecule has 0 unspecified atom stereocenters. The number of hydrogen-bond donors (Lipinski definition) is 2. The second-order valence-corrected chi connectivity index (χ2v) is 5.20. The normalized spacial score (nSPS) is 11.8. The Balaban J connectivity index is 2.63. The van der Waals surface area contributed by atoms with Gasteiger partial charge >= 0.3 is 0 Å². The maximum atomic E-state index is 3.58. The fourth-order valence-corrected chi connectivity index (χ4v) is 1.83. The summed E-state index contributed by atoms with van der Waals surface area (Å²) in [4.78, 5) is 0. The molecule has 0 heterocycles. The number of benzene rings is 1. The molecule has 0 saturated carbocycles. The van der Waals surface area contributed by atoms with E-state index in [1.807, 2.05) is 7.05 Å². The Morgan fingerprint density at radius 1 is 1.19 bits per heavy atom. The molecule has 0 saturated heterocycles. The quantitative estimate of drug-likeness (QED) is 0.796. The fourth-order valence-electron chi connectivity index (χ4n) is 1.83. The first-order valence-electron chi connectivity index (χ1n) is 5.90. The van der Waals surface area contributed by atoms with Gasteiger partial charge in [0, 0.05) is 18.6 Å². The van der Waals surface area contributed by atoms with Crippen molar-refractivity contribution in [2.45, 2.75) is 39.8 Å². The standard InChI is InChI=1S/C14H24N2/c1-11-6-7-12(2)13(8-11)9-16-14(3,4)10-15-5/h6-8,15-16H,9-10H2,1-5H3. The summed E-state index contributed by atoms with van der Waals surface area (Å²) in [5.74, 6) is 0. The highest BCUT2D eigenvalue weighted by Gasteiger charge is 2.15. The summed E-state index contributed by atoms with van der Waals surface area (Å²) in [7, 11) is 1.99. The summed E-state index contributed by atoms with van der Waals surface area (Å²) < 4.78 is 0. The number of nitrogens with one attached hydrogen (secondary N) is 2. The van der Waals surface area contributed by atoms with Crippen molar-refractivity contribution < 1.29 is 0 Å². The van der Waals surface area contributed by atoms with Gasteiger partial charge in [-0.15, -0.1) is 0 Å². The Labute approximate surface area is 99.5 Å². The zero-order valence-corrected chi connectivity index (χ0v) is 11.1. The maximum absolute atomic E-state index is 3.58. The minimum atomic E-state index is 0.130. The van der Waals surface area contributed by atoms with Gasteiger partial charge in [-0.2, -0.15) is 0 Å². The van der Waals surface area contributed by atoms with Crippen LogP contribution in [-0.2, 0) is 6.54 Å². The van der Waals surface area contributed by atoms with Gasteiger partial charge in [0.15, 0.2) is 0 Å². The third-order valence-electron chi connectivity index (χ3n) is 2.88. The lowest BCUT2D eigenvalue weighted by atomic mass is 10.0. The van der Waals surface area contributed by atoms with Crippen molar-refractivity contribution in [2.24, 2.45) is 0 Å². The average molecular weight is 220 g/mol. The summed E-state index contributed by atoms with van der Waals surface area (Å²) >= 11 is 0. The number of likely N-dealkylation sites (N-methyl/N-ethyl adjacent to an activating group) is 1. The van der Waals surface area contributed by atoms with Crippen LogP contribution in [-0.4, -0.2) is 19.1 Å². The van der Waals surface area contributed by atoms with Crippen LogP contribution in [0.25, 0.3) is 0 Å². The molecule has 0 aliphatic heterocycles. The monoisotopic (exact) mass is 220 g/mol. The Morgan fingerprint density at radius 3 is 2.50 bits per heavy atom. The molecular formula is C14H24N2. The Kier molecular flexibility index (Phi) is 4.51. The highest BCUT2D eigenvalue weighted by molar-refractivity contribution is 5.30. The van der Waals surface area contributed by atoms with Gasteiger partial charge < -0.3 is 10.6 Å². The van der Waals surface area contributed by atoms with E-state index in [0.29, 0.717) is 0 Å². The van der Waals surface area contributed by atoms with Gasteiger partial charge in [0.05, 0.1) is 0 Å². The first-order valence-corrected chi connectivity index (χ1v) is 5.90. The largest absolute Gasteiger partial charge is 0.318 e. The van der Waals surface area contributed by atoms with E-state index in [4.69, 9.17) is 0 Å². The molecule has 90 valence electrons. The molecule has 0 spiro atoms. The zero-order valence-electron chi connectivity index (χ0n) is 11.1.